The first kappa shape index (κ1) is 6.44. The van der Waals surface area contributed by atoms with Crippen LogP contribution in [0.5, 0.6) is 0 Å². The van der Waals surface area contributed by atoms with Crippen molar-refractivity contribution in [1.82, 2.24) is 10.2 Å². The molecule has 0 radical (unpaired) electrons. The van der Waals surface area contributed by atoms with E-state index >= 15 is 0 Å². The van der Waals surface area contributed by atoms with E-state index in [1.165, 1.54) is 39.0 Å². The quantitative estimate of drug-likeness (QED) is 0.581. The van der Waals surface area contributed by atoms with Gasteiger partial charge in [0, 0.05) is 6.04 Å². The monoisotopic (exact) mass is 152 g/mol. The first-order valence-electron chi connectivity index (χ1n) is 4.91. The maximum absolute atomic E-state index is 3.45. The van der Waals surface area contributed by atoms with Gasteiger partial charge in [-0.15, -0.1) is 0 Å². The lowest BCUT2D eigenvalue weighted by Crippen LogP contribution is -2.30. The number of hydrogen-bond donors (Lipinski definition) is 1. The predicted octanol–water partition coefficient (Wildman–Crippen LogP) is 0.300. The first-order valence-corrected chi connectivity index (χ1v) is 4.91. The van der Waals surface area contributed by atoms with Gasteiger partial charge in [-0.1, -0.05) is 0 Å². The molecule has 0 aromatic rings. The van der Waals surface area contributed by atoms with Crippen LogP contribution in [0.3, 0.4) is 0 Å². The summed E-state index contributed by atoms with van der Waals surface area (Å²) in [6.45, 7) is 5.37. The van der Waals surface area contributed by atoms with Crippen LogP contribution in [0.25, 0.3) is 0 Å². The Morgan fingerprint density at radius 3 is 2.27 bits per heavy atom. The van der Waals surface area contributed by atoms with E-state index in [1.807, 2.05) is 0 Å². The van der Waals surface area contributed by atoms with Crippen LogP contribution in [-0.4, -0.2) is 37.1 Å². The van der Waals surface area contributed by atoms with Crippen LogP contribution in [0, 0.1) is 11.8 Å². The Morgan fingerprint density at radius 1 is 1.00 bits per heavy atom. The molecule has 3 rings (SSSR count). The third-order valence-electron chi connectivity index (χ3n) is 3.61. The summed E-state index contributed by atoms with van der Waals surface area (Å²) in [4.78, 5) is 2.72. The molecule has 0 amide bonds. The Labute approximate surface area is 68.0 Å². The highest BCUT2D eigenvalue weighted by molar-refractivity contribution is 5.10. The highest BCUT2D eigenvalue weighted by Gasteiger charge is 2.55. The molecule has 2 aliphatic heterocycles. The molecule has 62 valence electrons. The van der Waals surface area contributed by atoms with Gasteiger partial charge in [-0.2, -0.15) is 0 Å². The van der Waals surface area contributed by atoms with Crippen LogP contribution in [0.15, 0.2) is 0 Å². The molecule has 11 heavy (non-hydrogen) atoms. The molecular weight excluding hydrogens is 136 g/mol. The van der Waals surface area contributed by atoms with Gasteiger partial charge < -0.3 is 5.32 Å². The summed E-state index contributed by atoms with van der Waals surface area (Å²) in [5.41, 5.74) is 0. The van der Waals surface area contributed by atoms with Gasteiger partial charge in [0.15, 0.2) is 0 Å². The number of nitrogens with zero attached hydrogens (tertiary/aromatic N) is 1. The van der Waals surface area contributed by atoms with Crippen molar-refractivity contribution >= 4 is 0 Å². The first-order chi connectivity index (χ1) is 5.47. The Bertz CT molecular complexity index is 153. The molecule has 1 N–H and O–H groups in total. The Hall–Kier alpha value is -0.0800. The molecule has 3 fully saturated rings. The van der Waals surface area contributed by atoms with Crippen LogP contribution in [0.2, 0.25) is 0 Å². The number of hydrogen-bond acceptors (Lipinski definition) is 2. The van der Waals surface area contributed by atoms with Crippen molar-refractivity contribution in [1.29, 1.82) is 0 Å². The van der Waals surface area contributed by atoms with Gasteiger partial charge in [-0.05, 0) is 50.9 Å². The van der Waals surface area contributed by atoms with E-state index in [2.05, 4.69) is 10.2 Å². The van der Waals surface area contributed by atoms with E-state index < -0.39 is 0 Å². The lowest BCUT2D eigenvalue weighted by Gasteiger charge is -2.16. The predicted molar refractivity (Wildman–Crippen MR) is 44.4 cm³/mol. The summed E-state index contributed by atoms with van der Waals surface area (Å²) in [6.07, 6.45) is 2.90. The third kappa shape index (κ3) is 0.859. The van der Waals surface area contributed by atoms with Gasteiger partial charge in [-0.25, -0.2) is 0 Å². The molecule has 0 aromatic heterocycles. The Balaban J connectivity index is 1.65. The van der Waals surface area contributed by atoms with E-state index in [1.54, 1.807) is 0 Å². The van der Waals surface area contributed by atoms with Crippen LogP contribution in [0.1, 0.15) is 12.8 Å². The SMILES string of the molecule is C1CCN(C2C3CNCC32)C1. The van der Waals surface area contributed by atoms with E-state index in [0.29, 0.717) is 0 Å². The van der Waals surface area contributed by atoms with Gasteiger partial charge >= 0.3 is 0 Å². The second-order valence-corrected chi connectivity index (χ2v) is 4.22. The minimum absolute atomic E-state index is 0.999. The molecule has 1 saturated carbocycles. The summed E-state index contributed by atoms with van der Waals surface area (Å²) in [6, 6.07) is 0.999. The van der Waals surface area contributed by atoms with Gasteiger partial charge in [0.05, 0.1) is 0 Å². The molecule has 2 heteroatoms. The fraction of sp³-hybridized carbons (Fsp3) is 1.00. The number of fused-ring (bicyclic) bond motifs is 1. The van der Waals surface area contributed by atoms with Gasteiger partial charge in [0.1, 0.15) is 0 Å². The van der Waals surface area contributed by atoms with Crippen LogP contribution < -0.4 is 5.32 Å². The van der Waals surface area contributed by atoms with Crippen LogP contribution in [0.4, 0.5) is 0 Å². The fourth-order valence-electron chi connectivity index (χ4n) is 2.97. The second kappa shape index (κ2) is 2.20. The summed E-state index contributed by atoms with van der Waals surface area (Å²) < 4.78 is 0. The van der Waals surface area contributed by atoms with Crippen molar-refractivity contribution in [3.63, 3.8) is 0 Å². The van der Waals surface area contributed by atoms with Crippen molar-refractivity contribution < 1.29 is 0 Å². The van der Waals surface area contributed by atoms with Crippen molar-refractivity contribution in [2.75, 3.05) is 26.2 Å². The highest BCUT2D eigenvalue weighted by Crippen LogP contribution is 2.46. The minimum Gasteiger partial charge on any atom is -0.316 e. The zero-order valence-electron chi connectivity index (χ0n) is 6.92. The number of piperidine rings is 1. The number of rotatable bonds is 1. The van der Waals surface area contributed by atoms with E-state index in [-0.39, 0.29) is 0 Å². The largest absolute Gasteiger partial charge is 0.316 e. The van der Waals surface area contributed by atoms with E-state index in [4.69, 9.17) is 0 Å². The summed E-state index contributed by atoms with van der Waals surface area (Å²) in [5, 5.41) is 3.45. The Morgan fingerprint density at radius 2 is 1.64 bits per heavy atom. The molecule has 1 aliphatic carbocycles. The standard InChI is InChI=1S/C9H16N2/c1-2-4-11(3-1)9-7-5-10-6-8(7)9/h7-10H,1-6H2. The van der Waals surface area contributed by atoms with Crippen LogP contribution >= 0.6 is 0 Å². The number of nitrogens with one attached hydrogen (secondary N) is 1. The molecule has 3 aliphatic rings. The lowest BCUT2D eigenvalue weighted by molar-refractivity contribution is 0.292. The van der Waals surface area contributed by atoms with Crippen molar-refractivity contribution in [3.05, 3.63) is 0 Å². The van der Waals surface area contributed by atoms with E-state index in [9.17, 15) is 0 Å². The number of likely N-dealkylation sites (tertiary alicyclic amines) is 1. The zero-order valence-corrected chi connectivity index (χ0v) is 6.92. The molecular formula is C9H16N2. The zero-order chi connectivity index (χ0) is 7.26. The molecule has 2 atom stereocenters. The highest BCUT2D eigenvalue weighted by atomic mass is 15.2. The molecule has 2 saturated heterocycles. The molecule has 0 bridgehead atoms. The smallest absolute Gasteiger partial charge is 0.0183 e. The summed E-state index contributed by atoms with van der Waals surface area (Å²) in [5.74, 6) is 2.07. The van der Waals surface area contributed by atoms with Crippen LogP contribution in [-0.2, 0) is 0 Å². The average Bonchev–Trinajstić information content (AvgIpc) is 2.57. The fourth-order valence-corrected chi connectivity index (χ4v) is 2.97. The summed E-state index contributed by atoms with van der Waals surface area (Å²) >= 11 is 0. The van der Waals surface area contributed by atoms with Crippen molar-refractivity contribution in [3.8, 4) is 0 Å². The van der Waals surface area contributed by atoms with Crippen molar-refractivity contribution in [2.24, 2.45) is 11.8 Å². The maximum atomic E-state index is 3.45. The molecule has 2 heterocycles. The molecule has 0 aromatic carbocycles. The molecule has 2 nitrogen and oxygen atoms in total. The summed E-state index contributed by atoms with van der Waals surface area (Å²) in [7, 11) is 0. The molecule has 2 unspecified atom stereocenters. The second-order valence-electron chi connectivity index (χ2n) is 4.22. The lowest BCUT2D eigenvalue weighted by atomic mass is 10.4. The van der Waals surface area contributed by atoms with Crippen molar-refractivity contribution in [2.45, 2.75) is 18.9 Å². The third-order valence-corrected chi connectivity index (χ3v) is 3.61. The Kier molecular flexibility index (Phi) is 1.29. The van der Waals surface area contributed by atoms with Gasteiger partial charge in [0.25, 0.3) is 0 Å². The minimum atomic E-state index is 0.999. The van der Waals surface area contributed by atoms with Gasteiger partial charge in [-0.3, -0.25) is 4.90 Å². The topological polar surface area (TPSA) is 15.3 Å². The maximum Gasteiger partial charge on any atom is 0.0183 e. The van der Waals surface area contributed by atoms with E-state index in [0.717, 1.165) is 17.9 Å². The average molecular weight is 152 g/mol. The normalized spacial score (nSPS) is 49.6. The molecule has 0 spiro atoms. The van der Waals surface area contributed by atoms with Gasteiger partial charge in [0.2, 0.25) is 0 Å².